The Labute approximate surface area is 197 Å². The van der Waals surface area contributed by atoms with E-state index < -0.39 is 23.4 Å². The number of benzene rings is 2. The summed E-state index contributed by atoms with van der Waals surface area (Å²) in [6, 6.07) is 13.8. The first-order valence-electron chi connectivity index (χ1n) is 11.7. The molecule has 2 amide bonds. The van der Waals surface area contributed by atoms with E-state index >= 15 is 0 Å². The molecule has 2 heterocycles. The standard InChI is InChI=1S/C26H30F3N3O2/c1-3-18(2)22-24(34)32(17-19-8-7-11-21(16-19)26(27,28)29)25(30-22)12-14-31(15-13-25)23(33)20-9-5-4-6-10-20/h4-11,16,18,22,30H,3,12-15,17H2,1-2H3/t18-,22+/m0/s1. The highest BCUT2D eigenvalue weighted by Gasteiger charge is 2.52. The summed E-state index contributed by atoms with van der Waals surface area (Å²) in [6.45, 7) is 5.03. The van der Waals surface area contributed by atoms with Crippen molar-refractivity contribution in [2.45, 2.75) is 57.5 Å². The number of likely N-dealkylation sites (tertiary alicyclic amines) is 1. The van der Waals surface area contributed by atoms with Crippen LogP contribution in [0.25, 0.3) is 0 Å². The van der Waals surface area contributed by atoms with E-state index in [1.165, 1.54) is 6.07 Å². The van der Waals surface area contributed by atoms with Crippen LogP contribution in [0.3, 0.4) is 0 Å². The van der Waals surface area contributed by atoms with Gasteiger partial charge in [0.15, 0.2) is 0 Å². The number of amides is 2. The Morgan fingerprint density at radius 2 is 1.79 bits per heavy atom. The smallest absolute Gasteiger partial charge is 0.338 e. The van der Waals surface area contributed by atoms with Crippen molar-refractivity contribution in [2.75, 3.05) is 13.1 Å². The van der Waals surface area contributed by atoms with Crippen LogP contribution in [0.1, 0.15) is 54.6 Å². The van der Waals surface area contributed by atoms with Crippen LogP contribution in [-0.2, 0) is 17.5 Å². The zero-order valence-electron chi connectivity index (χ0n) is 19.4. The molecule has 5 nitrogen and oxygen atoms in total. The van der Waals surface area contributed by atoms with Crippen molar-refractivity contribution in [3.05, 3.63) is 71.3 Å². The molecule has 0 aromatic heterocycles. The lowest BCUT2D eigenvalue weighted by molar-refractivity contribution is -0.137. The number of carbonyl (C=O) groups is 2. The van der Waals surface area contributed by atoms with Gasteiger partial charge in [-0.15, -0.1) is 0 Å². The Kier molecular flexibility index (Phi) is 6.71. The quantitative estimate of drug-likeness (QED) is 0.686. The summed E-state index contributed by atoms with van der Waals surface area (Å²) in [5.74, 6) is -0.0582. The molecule has 0 bridgehead atoms. The second-order valence-corrected chi connectivity index (χ2v) is 9.32. The van der Waals surface area contributed by atoms with Gasteiger partial charge in [-0.1, -0.05) is 50.6 Å². The number of hydrogen-bond acceptors (Lipinski definition) is 3. The SMILES string of the molecule is CC[C@H](C)[C@H]1NC2(CCN(C(=O)c3ccccc3)CC2)N(Cc2cccc(C(F)(F)F)c2)C1=O. The number of alkyl halides is 3. The van der Waals surface area contributed by atoms with Crippen LogP contribution in [-0.4, -0.2) is 46.4 Å². The van der Waals surface area contributed by atoms with Crippen molar-refractivity contribution in [3.8, 4) is 0 Å². The monoisotopic (exact) mass is 473 g/mol. The maximum Gasteiger partial charge on any atom is 0.416 e. The highest BCUT2D eigenvalue weighted by Crippen LogP contribution is 2.37. The van der Waals surface area contributed by atoms with E-state index in [4.69, 9.17) is 0 Å². The predicted octanol–water partition coefficient (Wildman–Crippen LogP) is 4.68. The second-order valence-electron chi connectivity index (χ2n) is 9.32. The number of nitrogens with zero attached hydrogens (tertiary/aromatic N) is 2. The Balaban J connectivity index is 1.57. The molecule has 2 fully saturated rings. The summed E-state index contributed by atoms with van der Waals surface area (Å²) < 4.78 is 39.7. The van der Waals surface area contributed by atoms with Crippen LogP contribution in [0.5, 0.6) is 0 Å². The van der Waals surface area contributed by atoms with Crippen molar-refractivity contribution in [1.29, 1.82) is 0 Å². The zero-order valence-corrected chi connectivity index (χ0v) is 19.4. The fourth-order valence-corrected chi connectivity index (χ4v) is 4.94. The van der Waals surface area contributed by atoms with E-state index in [2.05, 4.69) is 5.32 Å². The molecule has 2 aromatic carbocycles. The summed E-state index contributed by atoms with van der Waals surface area (Å²) in [4.78, 5) is 29.9. The van der Waals surface area contributed by atoms with Crippen molar-refractivity contribution >= 4 is 11.8 Å². The molecule has 2 atom stereocenters. The molecular weight excluding hydrogens is 443 g/mol. The predicted molar refractivity (Wildman–Crippen MR) is 123 cm³/mol. The second kappa shape index (κ2) is 9.41. The lowest BCUT2D eigenvalue weighted by atomic mass is 9.94. The van der Waals surface area contributed by atoms with E-state index in [0.717, 1.165) is 18.6 Å². The van der Waals surface area contributed by atoms with Gasteiger partial charge < -0.3 is 9.80 Å². The number of halogens is 3. The van der Waals surface area contributed by atoms with E-state index in [1.54, 1.807) is 28.0 Å². The van der Waals surface area contributed by atoms with Gasteiger partial charge in [-0.05, 0) is 35.7 Å². The summed E-state index contributed by atoms with van der Waals surface area (Å²) in [7, 11) is 0. The van der Waals surface area contributed by atoms with Crippen LogP contribution in [0.15, 0.2) is 54.6 Å². The molecule has 0 unspecified atom stereocenters. The molecule has 0 radical (unpaired) electrons. The fraction of sp³-hybridized carbons (Fsp3) is 0.462. The minimum absolute atomic E-state index is 0.0531. The van der Waals surface area contributed by atoms with Crippen LogP contribution in [0, 0.1) is 5.92 Å². The Morgan fingerprint density at radius 1 is 1.12 bits per heavy atom. The van der Waals surface area contributed by atoms with Gasteiger partial charge in [-0.2, -0.15) is 13.2 Å². The molecule has 2 aliphatic rings. The molecule has 0 saturated carbocycles. The van der Waals surface area contributed by atoms with Gasteiger partial charge in [0.1, 0.15) is 0 Å². The van der Waals surface area contributed by atoms with Gasteiger partial charge in [-0.25, -0.2) is 0 Å². The van der Waals surface area contributed by atoms with Crippen LogP contribution in [0.2, 0.25) is 0 Å². The molecule has 2 aromatic rings. The molecule has 34 heavy (non-hydrogen) atoms. The lowest BCUT2D eigenvalue weighted by Crippen LogP contribution is -2.59. The first kappa shape index (κ1) is 24.3. The average Bonchev–Trinajstić information content (AvgIpc) is 3.10. The summed E-state index contributed by atoms with van der Waals surface area (Å²) in [5, 5.41) is 3.54. The number of hydrogen-bond donors (Lipinski definition) is 1. The van der Waals surface area contributed by atoms with Crippen molar-refractivity contribution in [3.63, 3.8) is 0 Å². The minimum atomic E-state index is -4.44. The van der Waals surface area contributed by atoms with Gasteiger partial charge >= 0.3 is 6.18 Å². The van der Waals surface area contributed by atoms with Gasteiger partial charge in [0.05, 0.1) is 17.3 Å². The maximum atomic E-state index is 13.5. The molecule has 1 N–H and O–H groups in total. The third-order valence-corrected chi connectivity index (χ3v) is 7.18. The molecule has 0 aliphatic carbocycles. The number of carbonyl (C=O) groups excluding carboxylic acids is 2. The molecule has 1 spiro atoms. The molecule has 4 rings (SSSR count). The summed E-state index contributed by atoms with van der Waals surface area (Å²) in [5.41, 5.74) is -0.350. The summed E-state index contributed by atoms with van der Waals surface area (Å²) in [6.07, 6.45) is -2.61. The number of nitrogens with one attached hydrogen (secondary N) is 1. The first-order valence-corrected chi connectivity index (χ1v) is 11.7. The number of piperidine rings is 1. The van der Waals surface area contributed by atoms with E-state index in [1.807, 2.05) is 32.0 Å². The molecule has 2 aliphatic heterocycles. The fourth-order valence-electron chi connectivity index (χ4n) is 4.94. The third-order valence-electron chi connectivity index (χ3n) is 7.18. The van der Waals surface area contributed by atoms with Crippen LogP contribution >= 0.6 is 0 Å². The summed E-state index contributed by atoms with van der Waals surface area (Å²) >= 11 is 0. The van der Waals surface area contributed by atoms with Crippen LogP contribution in [0.4, 0.5) is 13.2 Å². The van der Waals surface area contributed by atoms with Crippen molar-refractivity contribution in [2.24, 2.45) is 5.92 Å². The van der Waals surface area contributed by atoms with E-state index in [9.17, 15) is 22.8 Å². The zero-order chi connectivity index (χ0) is 24.5. The molecule has 182 valence electrons. The van der Waals surface area contributed by atoms with E-state index in [-0.39, 0.29) is 24.3 Å². The molecule has 2 saturated heterocycles. The lowest BCUT2D eigenvalue weighted by Gasteiger charge is -2.45. The van der Waals surface area contributed by atoms with Gasteiger partial charge in [0, 0.05) is 38.0 Å². The Bertz CT molecular complexity index is 1030. The van der Waals surface area contributed by atoms with Gasteiger partial charge in [-0.3, -0.25) is 14.9 Å². The van der Waals surface area contributed by atoms with Crippen molar-refractivity contribution < 1.29 is 22.8 Å². The van der Waals surface area contributed by atoms with Crippen molar-refractivity contribution in [1.82, 2.24) is 15.1 Å². The van der Waals surface area contributed by atoms with Gasteiger partial charge in [0.2, 0.25) is 5.91 Å². The Hall–Kier alpha value is -2.87. The molecular formula is C26H30F3N3O2. The average molecular weight is 474 g/mol. The third kappa shape index (κ3) is 4.69. The maximum absolute atomic E-state index is 13.5. The first-order chi connectivity index (χ1) is 16.1. The van der Waals surface area contributed by atoms with E-state index in [0.29, 0.717) is 37.1 Å². The highest BCUT2D eigenvalue weighted by atomic mass is 19.4. The van der Waals surface area contributed by atoms with Crippen LogP contribution < -0.4 is 5.32 Å². The number of rotatable bonds is 5. The normalized spacial score (nSPS) is 21.2. The Morgan fingerprint density at radius 3 is 2.41 bits per heavy atom. The largest absolute Gasteiger partial charge is 0.416 e. The topological polar surface area (TPSA) is 52.7 Å². The highest BCUT2D eigenvalue weighted by molar-refractivity contribution is 5.94. The molecule has 8 heteroatoms. The van der Waals surface area contributed by atoms with Gasteiger partial charge in [0.25, 0.3) is 5.91 Å². The minimum Gasteiger partial charge on any atom is -0.338 e.